The molecule has 88 valence electrons. The fourth-order valence-electron chi connectivity index (χ4n) is 1.68. The van der Waals surface area contributed by atoms with Gasteiger partial charge >= 0.3 is 0 Å². The van der Waals surface area contributed by atoms with Gasteiger partial charge in [0.15, 0.2) is 11.6 Å². The lowest BCUT2D eigenvalue weighted by Crippen LogP contribution is -2.38. The minimum Gasteiger partial charge on any atom is -0.380 e. The van der Waals surface area contributed by atoms with Crippen LogP contribution < -0.4 is 5.32 Å². The van der Waals surface area contributed by atoms with Gasteiger partial charge in [0.05, 0.1) is 17.7 Å². The van der Waals surface area contributed by atoms with Crippen molar-refractivity contribution >= 4 is 17.3 Å². The minimum atomic E-state index is -0.863. The molecule has 1 fully saturated rings. The Morgan fingerprint density at radius 3 is 2.94 bits per heavy atom. The molecule has 1 aliphatic heterocycles. The molecule has 2 unspecified atom stereocenters. The molecule has 1 aromatic rings. The minimum absolute atomic E-state index is 0.0910. The number of anilines is 1. The second kappa shape index (κ2) is 4.97. The third kappa shape index (κ3) is 2.44. The second-order valence-electron chi connectivity index (χ2n) is 3.73. The molecule has 0 saturated carbocycles. The van der Waals surface area contributed by atoms with Crippen LogP contribution in [-0.2, 0) is 4.74 Å². The first kappa shape index (κ1) is 11.6. The zero-order valence-electron chi connectivity index (χ0n) is 8.55. The molecule has 0 aliphatic carbocycles. The van der Waals surface area contributed by atoms with E-state index in [0.29, 0.717) is 19.6 Å². The number of alkyl halides is 1. The van der Waals surface area contributed by atoms with E-state index in [4.69, 9.17) is 16.3 Å². The zero-order valence-corrected chi connectivity index (χ0v) is 9.31. The van der Waals surface area contributed by atoms with Crippen molar-refractivity contribution in [3.8, 4) is 0 Å². The summed E-state index contributed by atoms with van der Waals surface area (Å²) < 4.78 is 31.5. The maximum atomic E-state index is 13.4. The molecule has 0 radical (unpaired) electrons. The van der Waals surface area contributed by atoms with Crippen molar-refractivity contribution in [1.82, 2.24) is 0 Å². The molecular weight excluding hydrogens is 236 g/mol. The van der Waals surface area contributed by atoms with Crippen LogP contribution in [0.3, 0.4) is 0 Å². The Morgan fingerprint density at radius 2 is 2.19 bits per heavy atom. The molecule has 0 spiro atoms. The van der Waals surface area contributed by atoms with E-state index in [-0.39, 0.29) is 17.1 Å². The molecule has 2 atom stereocenters. The Hall–Kier alpha value is -0.870. The van der Waals surface area contributed by atoms with E-state index in [9.17, 15) is 8.78 Å². The Labute approximate surface area is 97.5 Å². The molecule has 2 nitrogen and oxygen atoms in total. The smallest absolute Gasteiger partial charge is 0.181 e. The molecule has 0 bridgehead atoms. The quantitative estimate of drug-likeness (QED) is 0.812. The normalized spacial score (nSPS) is 25.4. The Kier molecular flexibility index (Phi) is 3.61. The predicted molar refractivity (Wildman–Crippen MR) is 58.8 cm³/mol. The Bertz CT molecular complexity index is 375. The van der Waals surface area contributed by atoms with Crippen LogP contribution in [0, 0.1) is 11.6 Å². The van der Waals surface area contributed by atoms with Crippen LogP contribution in [0.15, 0.2) is 18.2 Å². The summed E-state index contributed by atoms with van der Waals surface area (Å²) in [6, 6.07) is 3.95. The van der Waals surface area contributed by atoms with Crippen molar-refractivity contribution in [3.05, 3.63) is 29.8 Å². The number of hydrogen-bond donors (Lipinski definition) is 1. The third-order valence-electron chi connectivity index (χ3n) is 2.58. The molecule has 2 rings (SSSR count). The maximum absolute atomic E-state index is 13.4. The van der Waals surface area contributed by atoms with Gasteiger partial charge in [-0.15, -0.1) is 11.6 Å². The van der Waals surface area contributed by atoms with E-state index >= 15 is 0 Å². The summed E-state index contributed by atoms with van der Waals surface area (Å²) in [6.45, 7) is 1.01. The van der Waals surface area contributed by atoms with E-state index in [1.807, 2.05) is 0 Å². The Morgan fingerprint density at radius 1 is 1.38 bits per heavy atom. The van der Waals surface area contributed by atoms with Gasteiger partial charge in [-0.1, -0.05) is 6.07 Å². The summed E-state index contributed by atoms with van der Waals surface area (Å²) in [5.74, 6) is -1.72. The number of nitrogens with one attached hydrogen (secondary N) is 1. The number of hydrogen-bond acceptors (Lipinski definition) is 2. The van der Waals surface area contributed by atoms with Gasteiger partial charge in [0, 0.05) is 12.6 Å². The average Bonchev–Trinajstić information content (AvgIpc) is 2.28. The highest BCUT2D eigenvalue weighted by Gasteiger charge is 2.24. The van der Waals surface area contributed by atoms with Gasteiger partial charge in [0.1, 0.15) is 0 Å². The van der Waals surface area contributed by atoms with Crippen molar-refractivity contribution < 1.29 is 13.5 Å². The molecule has 0 amide bonds. The largest absolute Gasteiger partial charge is 0.380 e. The standard InChI is InChI=1S/C11H12ClF2NO/c12-7-6-16-5-4-9(7)15-10-3-1-2-8(13)11(10)14/h1-3,7,9,15H,4-6H2. The molecule has 0 aromatic heterocycles. The molecule has 1 N–H and O–H groups in total. The van der Waals surface area contributed by atoms with Gasteiger partial charge in [0.2, 0.25) is 0 Å². The molecule has 1 saturated heterocycles. The van der Waals surface area contributed by atoms with E-state index in [1.54, 1.807) is 0 Å². The van der Waals surface area contributed by atoms with Crippen LogP contribution >= 0.6 is 11.6 Å². The highest BCUT2D eigenvalue weighted by Crippen LogP contribution is 2.22. The van der Waals surface area contributed by atoms with Gasteiger partial charge < -0.3 is 10.1 Å². The zero-order chi connectivity index (χ0) is 11.5. The number of rotatable bonds is 2. The van der Waals surface area contributed by atoms with E-state index < -0.39 is 11.6 Å². The SMILES string of the molecule is Fc1cccc(NC2CCOCC2Cl)c1F. The lowest BCUT2D eigenvalue weighted by Gasteiger charge is -2.28. The van der Waals surface area contributed by atoms with Crippen molar-refractivity contribution in [2.24, 2.45) is 0 Å². The fourth-order valence-corrected chi connectivity index (χ4v) is 1.96. The van der Waals surface area contributed by atoms with E-state index in [1.165, 1.54) is 12.1 Å². The lowest BCUT2D eigenvalue weighted by molar-refractivity contribution is 0.0934. The van der Waals surface area contributed by atoms with E-state index in [2.05, 4.69) is 5.32 Å². The van der Waals surface area contributed by atoms with Gasteiger partial charge in [-0.3, -0.25) is 0 Å². The first-order valence-electron chi connectivity index (χ1n) is 5.11. The molecule has 16 heavy (non-hydrogen) atoms. The number of ether oxygens (including phenoxy) is 1. The van der Waals surface area contributed by atoms with E-state index in [0.717, 1.165) is 6.07 Å². The van der Waals surface area contributed by atoms with Crippen molar-refractivity contribution in [3.63, 3.8) is 0 Å². The summed E-state index contributed by atoms with van der Waals surface area (Å²) in [5, 5.41) is 2.69. The summed E-state index contributed by atoms with van der Waals surface area (Å²) in [6.07, 6.45) is 0.685. The predicted octanol–water partition coefficient (Wildman–Crippen LogP) is 2.77. The highest BCUT2D eigenvalue weighted by atomic mass is 35.5. The molecule has 5 heteroatoms. The van der Waals surface area contributed by atoms with Crippen LogP contribution in [-0.4, -0.2) is 24.6 Å². The van der Waals surface area contributed by atoms with Gasteiger partial charge in [-0.25, -0.2) is 8.78 Å². The number of benzene rings is 1. The van der Waals surface area contributed by atoms with Gasteiger partial charge in [0.25, 0.3) is 0 Å². The van der Waals surface area contributed by atoms with Crippen LogP contribution in [0.1, 0.15) is 6.42 Å². The lowest BCUT2D eigenvalue weighted by atomic mass is 10.1. The second-order valence-corrected chi connectivity index (χ2v) is 4.29. The van der Waals surface area contributed by atoms with Crippen molar-refractivity contribution in [1.29, 1.82) is 0 Å². The monoisotopic (exact) mass is 247 g/mol. The van der Waals surface area contributed by atoms with Gasteiger partial charge in [-0.2, -0.15) is 0 Å². The third-order valence-corrected chi connectivity index (χ3v) is 3.01. The molecule has 1 aromatic carbocycles. The first-order chi connectivity index (χ1) is 7.68. The fraction of sp³-hybridized carbons (Fsp3) is 0.455. The number of halogens is 3. The molecular formula is C11H12ClF2NO. The van der Waals surface area contributed by atoms with Crippen LogP contribution in [0.25, 0.3) is 0 Å². The summed E-state index contributed by atoms with van der Waals surface area (Å²) in [5.41, 5.74) is 0.151. The topological polar surface area (TPSA) is 21.3 Å². The maximum Gasteiger partial charge on any atom is 0.181 e. The van der Waals surface area contributed by atoms with Crippen LogP contribution in [0.4, 0.5) is 14.5 Å². The summed E-state index contributed by atoms with van der Waals surface area (Å²) in [7, 11) is 0. The van der Waals surface area contributed by atoms with Crippen molar-refractivity contribution in [2.45, 2.75) is 17.8 Å². The summed E-state index contributed by atoms with van der Waals surface area (Å²) in [4.78, 5) is 0. The van der Waals surface area contributed by atoms with Gasteiger partial charge in [-0.05, 0) is 18.6 Å². The molecule has 1 aliphatic rings. The summed E-state index contributed by atoms with van der Waals surface area (Å²) >= 11 is 6.02. The first-order valence-corrected chi connectivity index (χ1v) is 5.54. The van der Waals surface area contributed by atoms with Crippen LogP contribution in [0.2, 0.25) is 0 Å². The highest BCUT2D eigenvalue weighted by molar-refractivity contribution is 6.21. The van der Waals surface area contributed by atoms with Crippen molar-refractivity contribution in [2.75, 3.05) is 18.5 Å². The average molecular weight is 248 g/mol. The molecule has 1 heterocycles. The Balaban J connectivity index is 2.10. The van der Waals surface area contributed by atoms with Crippen LogP contribution in [0.5, 0.6) is 0 Å².